The van der Waals surface area contributed by atoms with Crippen molar-refractivity contribution in [3.8, 4) is 23.0 Å². The first-order valence-electron chi connectivity index (χ1n) is 10.2. The first-order valence-corrected chi connectivity index (χ1v) is 10.2. The van der Waals surface area contributed by atoms with Gasteiger partial charge in [-0.15, -0.1) is 0 Å². The van der Waals surface area contributed by atoms with Gasteiger partial charge in [0.1, 0.15) is 28.6 Å². The predicted molar refractivity (Wildman–Crippen MR) is 125 cm³/mol. The molecule has 0 aliphatic carbocycles. The van der Waals surface area contributed by atoms with Crippen molar-refractivity contribution in [1.29, 1.82) is 0 Å². The Kier molecular flexibility index (Phi) is 5.93. The summed E-state index contributed by atoms with van der Waals surface area (Å²) in [6.45, 7) is 0. The van der Waals surface area contributed by atoms with E-state index >= 15 is 0 Å². The van der Waals surface area contributed by atoms with Gasteiger partial charge in [0.25, 0.3) is 0 Å². The molecule has 32 heavy (non-hydrogen) atoms. The van der Waals surface area contributed by atoms with Crippen molar-refractivity contribution in [3.63, 3.8) is 0 Å². The van der Waals surface area contributed by atoms with Crippen LogP contribution in [0, 0.1) is 0 Å². The lowest BCUT2D eigenvalue weighted by atomic mass is 9.78. The highest BCUT2D eigenvalue weighted by atomic mass is 16.5. The second-order valence-electron chi connectivity index (χ2n) is 7.41. The summed E-state index contributed by atoms with van der Waals surface area (Å²) < 4.78 is 22.2. The fraction of sp³-hybridized carbons (Fsp3) is 0.185. The number of methoxy groups -OCH3 is 4. The van der Waals surface area contributed by atoms with Crippen molar-refractivity contribution in [2.75, 3.05) is 28.4 Å². The molecule has 1 atom stereocenters. The topological polar surface area (TPSA) is 57.2 Å². The standard InChI is InChI=1S/C27H26O5/c1-29-21-11-10-18-15-24(25(31-3)16-19(18)14-21)27(28,20-8-6-5-7-9-20)23-13-12-22(30-2)17-26(23)32-4/h5-17,28H,1-4H3/t27-/m1/s1. The van der Waals surface area contributed by atoms with Gasteiger partial charge in [0, 0.05) is 17.2 Å². The first-order chi connectivity index (χ1) is 15.5. The molecule has 0 saturated heterocycles. The molecule has 0 aliphatic heterocycles. The number of aliphatic hydroxyl groups is 1. The van der Waals surface area contributed by atoms with Crippen LogP contribution in [0.2, 0.25) is 0 Å². The third-order valence-electron chi connectivity index (χ3n) is 5.75. The van der Waals surface area contributed by atoms with E-state index in [-0.39, 0.29) is 0 Å². The Labute approximate surface area is 187 Å². The minimum absolute atomic E-state index is 0.507. The molecule has 4 aromatic rings. The summed E-state index contributed by atoms with van der Waals surface area (Å²) in [6, 6.07) is 24.6. The third kappa shape index (κ3) is 3.61. The maximum atomic E-state index is 12.4. The summed E-state index contributed by atoms with van der Waals surface area (Å²) in [5.41, 5.74) is 0.332. The highest BCUT2D eigenvalue weighted by molar-refractivity contribution is 5.87. The molecule has 4 aromatic carbocycles. The molecular formula is C27H26O5. The van der Waals surface area contributed by atoms with Crippen LogP contribution in [-0.4, -0.2) is 33.5 Å². The van der Waals surface area contributed by atoms with Crippen LogP contribution in [0.15, 0.2) is 78.9 Å². The molecule has 5 nitrogen and oxygen atoms in total. The Morgan fingerprint density at radius 3 is 1.84 bits per heavy atom. The quantitative estimate of drug-likeness (QED) is 0.411. The molecule has 1 N–H and O–H groups in total. The van der Waals surface area contributed by atoms with Crippen LogP contribution in [0.5, 0.6) is 23.0 Å². The van der Waals surface area contributed by atoms with Gasteiger partial charge >= 0.3 is 0 Å². The van der Waals surface area contributed by atoms with Crippen molar-refractivity contribution in [3.05, 3.63) is 95.6 Å². The molecule has 0 heterocycles. The second kappa shape index (κ2) is 8.81. The van der Waals surface area contributed by atoms with Gasteiger partial charge in [0.05, 0.1) is 28.4 Å². The number of fused-ring (bicyclic) bond motifs is 1. The minimum Gasteiger partial charge on any atom is -0.497 e. The fourth-order valence-electron chi connectivity index (χ4n) is 4.07. The zero-order valence-corrected chi connectivity index (χ0v) is 18.6. The fourth-order valence-corrected chi connectivity index (χ4v) is 4.07. The van der Waals surface area contributed by atoms with Crippen LogP contribution in [0.4, 0.5) is 0 Å². The Hall–Kier alpha value is -3.70. The Balaban J connectivity index is 2.05. The number of hydrogen-bond donors (Lipinski definition) is 1. The lowest BCUT2D eigenvalue weighted by molar-refractivity contribution is 0.118. The van der Waals surface area contributed by atoms with Crippen molar-refractivity contribution in [2.45, 2.75) is 5.60 Å². The zero-order chi connectivity index (χ0) is 22.7. The summed E-state index contributed by atoms with van der Waals surface area (Å²) in [7, 11) is 6.41. The number of benzene rings is 4. The number of ether oxygens (including phenoxy) is 4. The predicted octanol–water partition coefficient (Wildman–Crippen LogP) is 5.16. The molecule has 0 fully saturated rings. The highest BCUT2D eigenvalue weighted by Crippen LogP contribution is 2.46. The summed E-state index contributed by atoms with van der Waals surface area (Å²) in [6.07, 6.45) is 0. The van der Waals surface area contributed by atoms with Crippen LogP contribution < -0.4 is 18.9 Å². The van der Waals surface area contributed by atoms with E-state index in [1.807, 2.05) is 72.8 Å². The average molecular weight is 431 g/mol. The number of rotatable bonds is 7. The maximum Gasteiger partial charge on any atom is 0.147 e. The van der Waals surface area contributed by atoms with Crippen LogP contribution in [0.1, 0.15) is 16.7 Å². The molecule has 0 spiro atoms. The summed E-state index contributed by atoms with van der Waals surface area (Å²) in [4.78, 5) is 0. The van der Waals surface area contributed by atoms with E-state index in [0.29, 0.717) is 33.9 Å². The van der Waals surface area contributed by atoms with Gasteiger partial charge in [-0.25, -0.2) is 0 Å². The lowest BCUT2D eigenvalue weighted by Gasteiger charge is -2.33. The SMILES string of the molecule is COc1ccc([C@](O)(c2ccccc2)c2cc3ccc(OC)cc3cc2OC)c(OC)c1. The van der Waals surface area contributed by atoms with Crippen molar-refractivity contribution in [1.82, 2.24) is 0 Å². The monoisotopic (exact) mass is 430 g/mol. The summed E-state index contributed by atoms with van der Waals surface area (Å²) in [5, 5.41) is 14.3. The molecule has 0 unspecified atom stereocenters. The van der Waals surface area contributed by atoms with Crippen molar-refractivity contribution < 1.29 is 24.1 Å². The van der Waals surface area contributed by atoms with Crippen molar-refractivity contribution >= 4 is 10.8 Å². The molecule has 4 rings (SSSR count). The highest BCUT2D eigenvalue weighted by Gasteiger charge is 2.39. The van der Waals surface area contributed by atoms with Crippen LogP contribution in [0.25, 0.3) is 10.8 Å². The largest absolute Gasteiger partial charge is 0.497 e. The third-order valence-corrected chi connectivity index (χ3v) is 5.75. The lowest BCUT2D eigenvalue weighted by Crippen LogP contribution is -2.30. The molecule has 0 radical (unpaired) electrons. The summed E-state index contributed by atoms with van der Waals surface area (Å²) in [5.74, 6) is 2.45. The van der Waals surface area contributed by atoms with Gasteiger partial charge in [-0.2, -0.15) is 0 Å². The molecule has 0 saturated carbocycles. The van der Waals surface area contributed by atoms with Crippen LogP contribution in [0.3, 0.4) is 0 Å². The smallest absolute Gasteiger partial charge is 0.147 e. The minimum atomic E-state index is -1.54. The van der Waals surface area contributed by atoms with Crippen LogP contribution >= 0.6 is 0 Å². The first kappa shape index (κ1) is 21.5. The zero-order valence-electron chi connectivity index (χ0n) is 18.6. The Morgan fingerprint density at radius 1 is 0.562 bits per heavy atom. The van der Waals surface area contributed by atoms with E-state index in [1.165, 1.54) is 0 Å². The van der Waals surface area contributed by atoms with Crippen molar-refractivity contribution in [2.24, 2.45) is 0 Å². The maximum absolute atomic E-state index is 12.4. The second-order valence-corrected chi connectivity index (χ2v) is 7.41. The molecule has 0 aliphatic rings. The Morgan fingerprint density at radius 2 is 1.19 bits per heavy atom. The van der Waals surface area contributed by atoms with E-state index < -0.39 is 5.60 Å². The van der Waals surface area contributed by atoms with E-state index in [4.69, 9.17) is 18.9 Å². The molecule has 5 heteroatoms. The average Bonchev–Trinajstić information content (AvgIpc) is 2.87. The summed E-state index contributed by atoms with van der Waals surface area (Å²) >= 11 is 0. The normalized spacial score (nSPS) is 12.8. The van der Waals surface area contributed by atoms with Crippen LogP contribution in [-0.2, 0) is 5.60 Å². The van der Waals surface area contributed by atoms with E-state index in [9.17, 15) is 5.11 Å². The van der Waals surface area contributed by atoms with E-state index in [1.54, 1.807) is 34.5 Å². The van der Waals surface area contributed by atoms with Gasteiger partial charge < -0.3 is 24.1 Å². The van der Waals surface area contributed by atoms with E-state index in [2.05, 4.69) is 0 Å². The van der Waals surface area contributed by atoms with Gasteiger partial charge in [-0.1, -0.05) is 36.4 Å². The molecule has 0 amide bonds. The van der Waals surface area contributed by atoms with Gasteiger partial charge in [-0.05, 0) is 52.7 Å². The Bertz CT molecular complexity index is 1240. The van der Waals surface area contributed by atoms with Gasteiger partial charge in [0.15, 0.2) is 0 Å². The molecular weight excluding hydrogens is 404 g/mol. The molecule has 164 valence electrons. The van der Waals surface area contributed by atoms with Gasteiger partial charge in [0.2, 0.25) is 0 Å². The molecule has 0 bridgehead atoms. The van der Waals surface area contributed by atoms with E-state index in [0.717, 1.165) is 16.5 Å². The number of hydrogen-bond acceptors (Lipinski definition) is 5. The molecule has 0 aromatic heterocycles. The van der Waals surface area contributed by atoms with Gasteiger partial charge in [-0.3, -0.25) is 0 Å².